The van der Waals surface area contributed by atoms with E-state index in [-0.39, 0.29) is 0 Å². The van der Waals surface area contributed by atoms with Crippen LogP contribution in [0.2, 0.25) is 10.0 Å². The van der Waals surface area contributed by atoms with Gasteiger partial charge in [0.1, 0.15) is 0 Å². The lowest BCUT2D eigenvalue weighted by molar-refractivity contribution is 0.0599. The number of aromatic amines is 1. The monoisotopic (exact) mass is 457 g/mol. The van der Waals surface area contributed by atoms with Crippen LogP contribution in [0.3, 0.4) is 0 Å². The molecule has 4 aromatic rings. The number of ether oxygens (including phenoxy) is 1. The van der Waals surface area contributed by atoms with Crippen molar-refractivity contribution in [3.8, 4) is 0 Å². The van der Waals surface area contributed by atoms with Gasteiger partial charge in [-0.05, 0) is 29.8 Å². The summed E-state index contributed by atoms with van der Waals surface area (Å²) in [7, 11) is 1.37. The summed E-state index contributed by atoms with van der Waals surface area (Å²) >= 11 is 13.9. The first-order chi connectivity index (χ1) is 14.6. The second-order valence-corrected chi connectivity index (χ2v) is 8.21. The van der Waals surface area contributed by atoms with E-state index in [1.165, 1.54) is 12.7 Å². The van der Waals surface area contributed by atoms with Crippen LogP contribution in [0.15, 0.2) is 65.6 Å². The summed E-state index contributed by atoms with van der Waals surface area (Å²) in [4.78, 5) is 21.1. The largest absolute Gasteiger partial charge is 0.465 e. The first-order valence-electron chi connectivity index (χ1n) is 9.05. The number of methoxy groups -OCH3 is 1. The number of esters is 1. The molecule has 0 saturated heterocycles. The highest BCUT2D eigenvalue weighted by molar-refractivity contribution is 7.98. The lowest BCUT2D eigenvalue weighted by atomic mass is 10.2. The third-order valence-electron chi connectivity index (χ3n) is 4.45. The number of nitrogens with one attached hydrogen (secondary N) is 2. The summed E-state index contributed by atoms with van der Waals surface area (Å²) in [6.07, 6.45) is 0. The molecule has 0 aliphatic rings. The Bertz CT molecular complexity index is 1210. The number of fused-ring (bicyclic) bond motifs is 1. The minimum atomic E-state index is -0.424. The molecule has 8 heteroatoms. The van der Waals surface area contributed by atoms with Crippen molar-refractivity contribution in [3.63, 3.8) is 0 Å². The number of carbonyl (C=O) groups excluding carboxylic acids is 1. The summed E-state index contributed by atoms with van der Waals surface area (Å²) in [5.74, 6) is 0.755. The molecule has 0 saturated carbocycles. The molecule has 2 N–H and O–H groups in total. The molecule has 152 valence electrons. The molecule has 3 aromatic carbocycles. The average molecular weight is 458 g/mol. The summed E-state index contributed by atoms with van der Waals surface area (Å²) in [6.45, 7) is 0. The van der Waals surface area contributed by atoms with Crippen molar-refractivity contribution in [2.75, 3.05) is 12.4 Å². The molecule has 4 rings (SSSR count). The average Bonchev–Trinajstić information content (AvgIpc) is 3.17. The Hall–Kier alpha value is -2.67. The Balaban J connectivity index is 1.70. The Morgan fingerprint density at radius 3 is 2.67 bits per heavy atom. The smallest absolute Gasteiger partial charge is 0.341 e. The van der Waals surface area contributed by atoms with E-state index in [2.05, 4.69) is 27.4 Å². The number of aromatic nitrogens is 2. The number of hydrogen-bond donors (Lipinski definition) is 2. The van der Waals surface area contributed by atoms with Gasteiger partial charge in [0.05, 0.1) is 39.4 Å². The van der Waals surface area contributed by atoms with E-state index in [1.54, 1.807) is 30.0 Å². The normalized spacial score (nSPS) is 10.9. The minimum Gasteiger partial charge on any atom is -0.465 e. The van der Waals surface area contributed by atoms with Gasteiger partial charge < -0.3 is 15.0 Å². The standard InChI is InChI=1S/C22H17Cl2N3O2S/c1-29-21(28)18-17(30-12-13-6-3-2-4-7-13)11-10-16-20(18)27-22(26-16)25-15-9-5-8-14(23)19(15)24/h2-11H,12H2,1H3,(H2,25,26,27). The van der Waals surface area contributed by atoms with Gasteiger partial charge in [0.2, 0.25) is 5.95 Å². The number of benzene rings is 3. The quantitative estimate of drug-likeness (QED) is 0.249. The number of H-pyrrole nitrogens is 1. The summed E-state index contributed by atoms with van der Waals surface area (Å²) in [5, 5.41) is 3.95. The fourth-order valence-electron chi connectivity index (χ4n) is 3.01. The van der Waals surface area contributed by atoms with Crippen molar-refractivity contribution in [1.82, 2.24) is 9.97 Å². The number of nitrogens with zero attached hydrogens (tertiary/aromatic N) is 1. The van der Waals surface area contributed by atoms with E-state index in [0.717, 1.165) is 10.6 Å². The van der Waals surface area contributed by atoms with Gasteiger partial charge in [0, 0.05) is 10.6 Å². The number of hydrogen-bond acceptors (Lipinski definition) is 5. The summed E-state index contributed by atoms with van der Waals surface area (Å²) in [5.41, 5.74) is 3.47. The topological polar surface area (TPSA) is 67.0 Å². The molecular weight excluding hydrogens is 441 g/mol. The predicted octanol–water partition coefficient (Wildman–Crippen LogP) is 6.69. The molecule has 0 atom stereocenters. The van der Waals surface area contributed by atoms with Crippen LogP contribution in [-0.4, -0.2) is 23.0 Å². The van der Waals surface area contributed by atoms with Gasteiger partial charge in [-0.3, -0.25) is 0 Å². The molecule has 30 heavy (non-hydrogen) atoms. The fraction of sp³-hybridized carbons (Fsp3) is 0.0909. The lowest BCUT2D eigenvalue weighted by Gasteiger charge is -2.09. The highest BCUT2D eigenvalue weighted by Crippen LogP contribution is 2.34. The SMILES string of the molecule is COC(=O)c1c(SCc2ccccc2)ccc2nc(Nc3cccc(Cl)c3Cl)[nH]c12. The Morgan fingerprint density at radius 2 is 1.90 bits per heavy atom. The van der Waals surface area contributed by atoms with Crippen molar-refractivity contribution in [2.24, 2.45) is 0 Å². The number of rotatable bonds is 6. The number of halogens is 2. The third-order valence-corrected chi connectivity index (χ3v) is 6.40. The minimum absolute atomic E-state index is 0.395. The van der Waals surface area contributed by atoms with Crippen molar-refractivity contribution in [3.05, 3.63) is 81.8 Å². The van der Waals surface area contributed by atoms with Crippen LogP contribution in [0.25, 0.3) is 11.0 Å². The number of carbonyl (C=O) groups is 1. The first-order valence-corrected chi connectivity index (χ1v) is 10.8. The summed E-state index contributed by atoms with van der Waals surface area (Å²) in [6, 6.07) is 19.1. The molecule has 0 aliphatic heterocycles. The number of imidazole rings is 1. The summed E-state index contributed by atoms with van der Waals surface area (Å²) < 4.78 is 5.04. The van der Waals surface area contributed by atoms with Gasteiger partial charge in [-0.15, -0.1) is 11.8 Å². The molecule has 5 nitrogen and oxygen atoms in total. The van der Waals surface area contributed by atoms with E-state index in [0.29, 0.717) is 38.3 Å². The van der Waals surface area contributed by atoms with E-state index in [1.807, 2.05) is 30.3 Å². The van der Waals surface area contributed by atoms with Crippen LogP contribution >= 0.6 is 35.0 Å². The van der Waals surface area contributed by atoms with Crippen LogP contribution in [0.5, 0.6) is 0 Å². The van der Waals surface area contributed by atoms with E-state index in [4.69, 9.17) is 27.9 Å². The van der Waals surface area contributed by atoms with Gasteiger partial charge in [-0.25, -0.2) is 9.78 Å². The van der Waals surface area contributed by atoms with E-state index in [9.17, 15) is 4.79 Å². The molecule has 0 fully saturated rings. The Labute approximate surface area is 187 Å². The zero-order valence-electron chi connectivity index (χ0n) is 15.9. The third kappa shape index (κ3) is 4.26. The molecule has 0 amide bonds. The Morgan fingerprint density at radius 1 is 1.10 bits per heavy atom. The van der Waals surface area contributed by atoms with E-state index < -0.39 is 5.97 Å². The van der Waals surface area contributed by atoms with E-state index >= 15 is 0 Å². The maximum Gasteiger partial charge on any atom is 0.341 e. The van der Waals surface area contributed by atoms with Crippen LogP contribution in [0.4, 0.5) is 11.6 Å². The maximum absolute atomic E-state index is 12.6. The fourth-order valence-corrected chi connectivity index (χ4v) is 4.36. The molecule has 1 heterocycles. The highest BCUT2D eigenvalue weighted by Gasteiger charge is 2.20. The molecule has 0 bridgehead atoms. The molecule has 0 radical (unpaired) electrons. The molecule has 0 spiro atoms. The molecular formula is C22H17Cl2N3O2S. The number of anilines is 2. The van der Waals surface area contributed by atoms with Gasteiger partial charge >= 0.3 is 5.97 Å². The van der Waals surface area contributed by atoms with Crippen molar-refractivity contribution in [2.45, 2.75) is 10.6 Å². The van der Waals surface area contributed by atoms with Crippen LogP contribution < -0.4 is 5.32 Å². The van der Waals surface area contributed by atoms with Crippen molar-refractivity contribution in [1.29, 1.82) is 0 Å². The number of thioether (sulfide) groups is 1. The predicted molar refractivity (Wildman–Crippen MR) is 123 cm³/mol. The molecule has 0 aliphatic carbocycles. The van der Waals surface area contributed by atoms with Crippen LogP contribution in [0, 0.1) is 0 Å². The second-order valence-electron chi connectivity index (χ2n) is 6.41. The van der Waals surface area contributed by atoms with Gasteiger partial charge in [-0.1, -0.05) is 59.6 Å². The van der Waals surface area contributed by atoms with Crippen molar-refractivity contribution < 1.29 is 9.53 Å². The molecule has 0 unspecified atom stereocenters. The maximum atomic E-state index is 12.6. The van der Waals surface area contributed by atoms with Gasteiger partial charge in [-0.2, -0.15) is 0 Å². The molecule has 1 aromatic heterocycles. The van der Waals surface area contributed by atoms with Gasteiger partial charge in [0.25, 0.3) is 0 Å². The van der Waals surface area contributed by atoms with Gasteiger partial charge in [0.15, 0.2) is 0 Å². The first kappa shape index (κ1) is 20.6. The highest BCUT2D eigenvalue weighted by atomic mass is 35.5. The van der Waals surface area contributed by atoms with Crippen LogP contribution in [0.1, 0.15) is 15.9 Å². The van der Waals surface area contributed by atoms with Crippen LogP contribution in [-0.2, 0) is 10.5 Å². The lowest BCUT2D eigenvalue weighted by Crippen LogP contribution is -2.04. The Kier molecular flexibility index (Phi) is 6.18. The zero-order valence-corrected chi connectivity index (χ0v) is 18.2. The zero-order chi connectivity index (χ0) is 21.1. The second kappa shape index (κ2) is 9.00. The van der Waals surface area contributed by atoms with Crippen molar-refractivity contribution >= 4 is 63.6 Å².